The molecule has 1 N–H and O–H groups in total. The maximum atomic E-state index is 14.2. The van der Waals surface area contributed by atoms with Crippen LogP contribution in [0.4, 0.5) is 17.6 Å². The van der Waals surface area contributed by atoms with Crippen LogP contribution in [0.1, 0.15) is 30.9 Å². The van der Waals surface area contributed by atoms with Gasteiger partial charge in [-0.3, -0.25) is 4.98 Å². The first-order chi connectivity index (χ1) is 15.8. The highest BCUT2D eigenvalue weighted by Crippen LogP contribution is 2.42. The molecule has 0 radical (unpaired) electrons. The largest absolute Gasteiger partial charge is 0.496 e. The van der Waals surface area contributed by atoms with Gasteiger partial charge in [-0.05, 0) is 60.6 Å². The summed E-state index contributed by atoms with van der Waals surface area (Å²) in [7, 11) is -2.81. The lowest BCUT2D eigenvalue weighted by molar-refractivity contribution is -0.156. The zero-order chi connectivity index (χ0) is 25.1. The van der Waals surface area contributed by atoms with Crippen molar-refractivity contribution >= 4 is 20.9 Å². The van der Waals surface area contributed by atoms with Crippen LogP contribution in [0.5, 0.6) is 5.75 Å². The Bertz CT molecular complexity index is 1260. The maximum absolute atomic E-state index is 14.2. The fraction of sp³-hybridized carbons (Fsp3) is 0.375. The number of ether oxygens (including phenoxy) is 1. The van der Waals surface area contributed by atoms with Crippen molar-refractivity contribution in [2.24, 2.45) is 0 Å². The van der Waals surface area contributed by atoms with Crippen LogP contribution in [0.3, 0.4) is 0 Å². The molecule has 2 unspecified atom stereocenters. The number of benzene rings is 2. The number of halogens is 4. The van der Waals surface area contributed by atoms with Crippen molar-refractivity contribution in [3.05, 3.63) is 71.7 Å². The number of pyridine rings is 1. The third-order valence-electron chi connectivity index (χ3n) is 5.90. The summed E-state index contributed by atoms with van der Waals surface area (Å²) in [5.41, 5.74) is 0.553. The van der Waals surface area contributed by atoms with E-state index in [1.54, 1.807) is 23.9 Å². The number of hydrogen-bond acceptors (Lipinski definition) is 4. The number of rotatable bonds is 9. The number of aryl methyl sites for hydroxylation is 1. The van der Waals surface area contributed by atoms with Crippen LogP contribution in [-0.4, -0.2) is 39.0 Å². The summed E-state index contributed by atoms with van der Waals surface area (Å²) >= 11 is 0. The van der Waals surface area contributed by atoms with E-state index >= 15 is 0 Å². The van der Waals surface area contributed by atoms with E-state index in [0.29, 0.717) is 12.7 Å². The van der Waals surface area contributed by atoms with Crippen LogP contribution < -0.4 is 9.46 Å². The molecular formula is C24H26F4N2O3S. The summed E-state index contributed by atoms with van der Waals surface area (Å²) in [4.78, 5) is 4.31. The number of sulfonamides is 1. The molecule has 0 saturated carbocycles. The van der Waals surface area contributed by atoms with Gasteiger partial charge in [0, 0.05) is 17.1 Å². The zero-order valence-electron chi connectivity index (χ0n) is 19.0. The number of nitrogens with zero attached hydrogens (tertiary/aromatic N) is 1. The summed E-state index contributed by atoms with van der Waals surface area (Å²) in [6.45, 7) is 1.57. The molecule has 0 fully saturated rings. The van der Waals surface area contributed by atoms with Gasteiger partial charge in [-0.25, -0.2) is 17.5 Å². The quantitative estimate of drug-likeness (QED) is 0.415. The molecule has 10 heteroatoms. The third-order valence-corrected chi connectivity index (χ3v) is 6.62. The highest BCUT2D eigenvalue weighted by Gasteiger charge is 2.46. The van der Waals surface area contributed by atoms with E-state index in [-0.39, 0.29) is 17.7 Å². The van der Waals surface area contributed by atoms with Crippen molar-refractivity contribution in [2.45, 2.75) is 43.8 Å². The lowest BCUT2D eigenvalue weighted by atomic mass is 9.72. The normalized spacial score (nSPS) is 15.1. The summed E-state index contributed by atoms with van der Waals surface area (Å²) < 4.78 is 86.4. The predicted octanol–water partition coefficient (Wildman–Crippen LogP) is 5.14. The minimum atomic E-state index is -4.85. The molecular weight excluding hydrogens is 472 g/mol. The van der Waals surface area contributed by atoms with Gasteiger partial charge in [-0.2, -0.15) is 13.2 Å². The second-order valence-corrected chi connectivity index (χ2v) is 10.4. The van der Waals surface area contributed by atoms with Gasteiger partial charge in [0.2, 0.25) is 10.0 Å². The van der Waals surface area contributed by atoms with Crippen LogP contribution in [-0.2, 0) is 21.9 Å². The Morgan fingerprint density at radius 1 is 1.12 bits per heavy atom. The molecule has 34 heavy (non-hydrogen) atoms. The first-order valence-electron chi connectivity index (χ1n) is 10.5. The first-order valence-corrected chi connectivity index (χ1v) is 12.4. The van der Waals surface area contributed by atoms with Crippen molar-refractivity contribution in [1.29, 1.82) is 0 Å². The average molecular weight is 499 g/mol. The highest BCUT2D eigenvalue weighted by atomic mass is 32.2. The van der Waals surface area contributed by atoms with Crippen molar-refractivity contribution in [3.63, 3.8) is 0 Å². The van der Waals surface area contributed by atoms with E-state index in [4.69, 9.17) is 4.74 Å². The predicted molar refractivity (Wildman–Crippen MR) is 123 cm³/mol. The molecule has 184 valence electrons. The van der Waals surface area contributed by atoms with Crippen molar-refractivity contribution in [2.75, 3.05) is 13.4 Å². The molecule has 2 aromatic carbocycles. The van der Waals surface area contributed by atoms with Gasteiger partial charge < -0.3 is 4.74 Å². The number of methoxy groups -OCH3 is 1. The molecule has 3 aromatic rings. The topological polar surface area (TPSA) is 68.3 Å². The van der Waals surface area contributed by atoms with Crippen LogP contribution >= 0.6 is 0 Å². The Morgan fingerprint density at radius 3 is 2.47 bits per heavy atom. The van der Waals surface area contributed by atoms with E-state index in [1.165, 1.54) is 13.2 Å². The number of nitrogens with one attached hydrogen (secondary N) is 1. The lowest BCUT2D eigenvalue weighted by Crippen LogP contribution is -2.48. The lowest BCUT2D eigenvalue weighted by Gasteiger charge is -2.36. The molecule has 1 heterocycles. The summed E-state index contributed by atoms with van der Waals surface area (Å²) in [5, 5.41) is 0.861. The Morgan fingerprint density at radius 2 is 1.82 bits per heavy atom. The monoisotopic (exact) mass is 498 g/mol. The van der Waals surface area contributed by atoms with Crippen molar-refractivity contribution in [1.82, 2.24) is 9.71 Å². The van der Waals surface area contributed by atoms with Gasteiger partial charge in [0.15, 0.2) is 0 Å². The molecule has 3 rings (SSSR count). The fourth-order valence-electron chi connectivity index (χ4n) is 4.22. The van der Waals surface area contributed by atoms with E-state index in [9.17, 15) is 26.0 Å². The van der Waals surface area contributed by atoms with Crippen molar-refractivity contribution in [3.8, 4) is 5.75 Å². The van der Waals surface area contributed by atoms with Gasteiger partial charge in [-0.15, -0.1) is 0 Å². The third kappa shape index (κ3) is 6.24. The molecule has 5 nitrogen and oxygen atoms in total. The second-order valence-electron chi connectivity index (χ2n) is 8.58. The minimum absolute atomic E-state index is 0.166. The Balaban J connectivity index is 2.07. The summed E-state index contributed by atoms with van der Waals surface area (Å²) in [5.74, 6) is -0.403. The van der Waals surface area contributed by atoms with Crippen LogP contribution in [0.2, 0.25) is 0 Å². The molecule has 0 bridgehead atoms. The highest BCUT2D eigenvalue weighted by molar-refractivity contribution is 7.88. The standard InChI is InChI=1S/C24H26F4N2O3S/c1-23(19-14-17(25)8-9-21(19)33-2,15-22(24(26,27)28)30-34(3,31)32)12-10-16-11-13-29-20-7-5-4-6-18(16)20/h4-9,11,13-14,22,30H,10,12,15H2,1-3H3. The molecule has 1 aromatic heterocycles. The molecule has 0 saturated heterocycles. The van der Waals surface area contributed by atoms with E-state index in [2.05, 4.69) is 4.98 Å². The number of fused-ring (bicyclic) bond motifs is 1. The second kappa shape index (κ2) is 9.87. The number of para-hydroxylation sites is 1. The molecule has 0 aliphatic carbocycles. The Hall–Kier alpha value is -2.72. The smallest absolute Gasteiger partial charge is 0.404 e. The molecule has 0 spiro atoms. The number of aromatic nitrogens is 1. The van der Waals surface area contributed by atoms with Gasteiger partial charge in [0.05, 0.1) is 18.9 Å². The Labute approximate surface area is 196 Å². The molecule has 0 aliphatic heterocycles. The van der Waals surface area contributed by atoms with E-state index < -0.39 is 39.9 Å². The van der Waals surface area contributed by atoms with Crippen LogP contribution in [0.25, 0.3) is 10.9 Å². The first kappa shape index (κ1) is 25.9. The minimum Gasteiger partial charge on any atom is -0.496 e. The van der Waals surface area contributed by atoms with Crippen molar-refractivity contribution < 1.29 is 30.7 Å². The van der Waals surface area contributed by atoms with Crippen LogP contribution in [0, 0.1) is 5.82 Å². The SMILES string of the molecule is COc1ccc(F)cc1C(C)(CCc1ccnc2ccccc12)CC(NS(C)(=O)=O)C(F)(F)F. The molecule has 2 atom stereocenters. The average Bonchev–Trinajstić information content (AvgIpc) is 2.75. The van der Waals surface area contributed by atoms with E-state index in [0.717, 1.165) is 28.6 Å². The number of alkyl halides is 3. The summed E-state index contributed by atoms with van der Waals surface area (Å²) in [6, 6.07) is 10.5. The van der Waals surface area contributed by atoms with Gasteiger partial charge in [0.25, 0.3) is 0 Å². The molecule has 0 aliphatic rings. The Kier molecular flexibility index (Phi) is 7.52. The molecule has 0 amide bonds. The maximum Gasteiger partial charge on any atom is 0.404 e. The van der Waals surface area contributed by atoms with E-state index in [1.807, 2.05) is 24.3 Å². The summed E-state index contributed by atoms with van der Waals surface area (Å²) in [6.07, 6.45) is -2.68. The van der Waals surface area contributed by atoms with Crippen LogP contribution in [0.15, 0.2) is 54.7 Å². The van der Waals surface area contributed by atoms with Gasteiger partial charge >= 0.3 is 6.18 Å². The zero-order valence-corrected chi connectivity index (χ0v) is 19.8. The van der Waals surface area contributed by atoms with Gasteiger partial charge in [-0.1, -0.05) is 25.1 Å². The number of hydrogen-bond donors (Lipinski definition) is 1. The fourth-order valence-corrected chi connectivity index (χ4v) is 4.95. The van der Waals surface area contributed by atoms with Gasteiger partial charge in [0.1, 0.15) is 17.6 Å².